The van der Waals surface area contributed by atoms with Gasteiger partial charge in [0, 0.05) is 45.0 Å². The van der Waals surface area contributed by atoms with Crippen molar-refractivity contribution in [2.24, 2.45) is 13.0 Å². The molecule has 0 aromatic carbocycles. The van der Waals surface area contributed by atoms with Gasteiger partial charge in [0.25, 0.3) is 5.91 Å². The first-order chi connectivity index (χ1) is 11.4. The number of carbonyl (C=O) groups excluding carboxylic acids is 1. The molecule has 1 aromatic rings. The molecule has 6 heteroatoms. The molecule has 0 unspecified atom stereocenters. The van der Waals surface area contributed by atoms with Crippen molar-refractivity contribution in [3.05, 3.63) is 18.2 Å². The number of aryl methyl sites for hydroxylation is 1. The minimum atomic E-state index is 0.0692. The summed E-state index contributed by atoms with van der Waals surface area (Å²) in [7, 11) is 4.10. The normalized spacial score (nSPS) is 20.8. The van der Waals surface area contributed by atoms with Crippen LogP contribution in [0.1, 0.15) is 37.2 Å². The van der Waals surface area contributed by atoms with E-state index in [1.807, 2.05) is 16.5 Å². The number of piperidine rings is 1. The summed E-state index contributed by atoms with van der Waals surface area (Å²) < 4.78 is 1.83. The number of amides is 1. The summed E-state index contributed by atoms with van der Waals surface area (Å²) in [6.07, 6.45) is 5.98. The van der Waals surface area contributed by atoms with Gasteiger partial charge in [-0.1, -0.05) is 13.8 Å². The SMILES string of the molecule is CC(C)CN(C1CCN(C)CC1)C1CN(C(=O)c2cn(C)cn2)C1. The van der Waals surface area contributed by atoms with Gasteiger partial charge in [-0.3, -0.25) is 9.69 Å². The Labute approximate surface area is 145 Å². The van der Waals surface area contributed by atoms with Crippen LogP contribution in [0, 0.1) is 5.92 Å². The molecule has 2 saturated heterocycles. The molecule has 0 bridgehead atoms. The predicted octanol–water partition coefficient (Wildman–Crippen LogP) is 1.30. The molecule has 2 aliphatic rings. The van der Waals surface area contributed by atoms with E-state index in [9.17, 15) is 4.79 Å². The van der Waals surface area contributed by atoms with Crippen LogP contribution in [-0.2, 0) is 7.05 Å². The van der Waals surface area contributed by atoms with E-state index in [-0.39, 0.29) is 5.91 Å². The van der Waals surface area contributed by atoms with Crippen LogP contribution >= 0.6 is 0 Å². The molecule has 0 spiro atoms. The number of likely N-dealkylation sites (tertiary alicyclic amines) is 2. The van der Waals surface area contributed by atoms with Crippen molar-refractivity contribution in [3.8, 4) is 0 Å². The van der Waals surface area contributed by atoms with E-state index in [0.29, 0.717) is 23.7 Å². The highest BCUT2D eigenvalue weighted by molar-refractivity contribution is 5.92. The number of hydrogen-bond acceptors (Lipinski definition) is 4. The maximum absolute atomic E-state index is 12.5. The smallest absolute Gasteiger partial charge is 0.274 e. The number of aromatic nitrogens is 2. The lowest BCUT2D eigenvalue weighted by molar-refractivity contribution is -0.00823. The van der Waals surface area contributed by atoms with Crippen LogP contribution in [0.5, 0.6) is 0 Å². The van der Waals surface area contributed by atoms with Crippen molar-refractivity contribution in [1.29, 1.82) is 0 Å². The Kier molecular flexibility index (Phi) is 5.25. The van der Waals surface area contributed by atoms with Gasteiger partial charge in [0.15, 0.2) is 0 Å². The third kappa shape index (κ3) is 3.81. The molecule has 0 atom stereocenters. The Morgan fingerprint density at radius 2 is 1.92 bits per heavy atom. The van der Waals surface area contributed by atoms with Crippen LogP contribution in [0.3, 0.4) is 0 Å². The van der Waals surface area contributed by atoms with Crippen molar-refractivity contribution < 1.29 is 4.79 Å². The maximum atomic E-state index is 12.5. The first-order valence-electron chi connectivity index (χ1n) is 9.15. The van der Waals surface area contributed by atoms with E-state index in [1.54, 1.807) is 12.5 Å². The molecule has 3 heterocycles. The fraction of sp³-hybridized carbons (Fsp3) is 0.778. The highest BCUT2D eigenvalue weighted by Crippen LogP contribution is 2.25. The Morgan fingerprint density at radius 3 is 2.46 bits per heavy atom. The molecule has 2 aliphatic heterocycles. The van der Waals surface area contributed by atoms with Crippen LogP contribution in [0.2, 0.25) is 0 Å². The van der Waals surface area contributed by atoms with Gasteiger partial charge in [-0.05, 0) is 38.9 Å². The molecule has 134 valence electrons. The summed E-state index contributed by atoms with van der Waals surface area (Å²) in [5.41, 5.74) is 0.561. The monoisotopic (exact) mass is 333 g/mol. The molecule has 0 radical (unpaired) electrons. The van der Waals surface area contributed by atoms with Gasteiger partial charge >= 0.3 is 0 Å². The van der Waals surface area contributed by atoms with Gasteiger partial charge in [0.05, 0.1) is 6.33 Å². The van der Waals surface area contributed by atoms with E-state index in [2.05, 4.69) is 35.7 Å². The minimum Gasteiger partial charge on any atom is -0.340 e. The van der Waals surface area contributed by atoms with Crippen LogP contribution < -0.4 is 0 Å². The van der Waals surface area contributed by atoms with Crippen LogP contribution in [0.25, 0.3) is 0 Å². The second kappa shape index (κ2) is 7.23. The third-order valence-corrected chi connectivity index (χ3v) is 5.28. The van der Waals surface area contributed by atoms with Crippen molar-refractivity contribution in [3.63, 3.8) is 0 Å². The van der Waals surface area contributed by atoms with Crippen molar-refractivity contribution in [1.82, 2.24) is 24.3 Å². The summed E-state index contributed by atoms with van der Waals surface area (Å²) in [4.78, 5) is 23.7. The zero-order chi connectivity index (χ0) is 17.3. The lowest BCUT2D eigenvalue weighted by Crippen LogP contribution is -2.64. The highest BCUT2D eigenvalue weighted by atomic mass is 16.2. The largest absolute Gasteiger partial charge is 0.340 e. The maximum Gasteiger partial charge on any atom is 0.274 e. The van der Waals surface area contributed by atoms with Gasteiger partial charge in [-0.2, -0.15) is 0 Å². The number of hydrogen-bond donors (Lipinski definition) is 0. The second-order valence-electron chi connectivity index (χ2n) is 7.91. The van der Waals surface area contributed by atoms with Crippen molar-refractivity contribution in [2.75, 3.05) is 39.8 Å². The van der Waals surface area contributed by atoms with Gasteiger partial charge in [-0.25, -0.2) is 4.98 Å². The Balaban J connectivity index is 1.58. The topological polar surface area (TPSA) is 44.6 Å². The molecule has 0 N–H and O–H groups in total. The van der Waals surface area contributed by atoms with E-state index in [1.165, 1.54) is 25.9 Å². The first kappa shape index (κ1) is 17.4. The number of carbonyl (C=O) groups is 1. The molecule has 6 nitrogen and oxygen atoms in total. The summed E-state index contributed by atoms with van der Waals surface area (Å²) in [6.45, 7) is 9.76. The predicted molar refractivity (Wildman–Crippen MR) is 95.0 cm³/mol. The van der Waals surface area contributed by atoms with Gasteiger partial charge in [0.2, 0.25) is 0 Å². The molecule has 3 rings (SSSR count). The van der Waals surface area contributed by atoms with E-state index in [0.717, 1.165) is 19.6 Å². The van der Waals surface area contributed by atoms with Crippen molar-refractivity contribution >= 4 is 5.91 Å². The number of nitrogens with zero attached hydrogens (tertiary/aromatic N) is 5. The van der Waals surface area contributed by atoms with E-state index < -0.39 is 0 Å². The summed E-state index contributed by atoms with van der Waals surface area (Å²) in [6, 6.07) is 1.18. The van der Waals surface area contributed by atoms with Crippen LogP contribution in [0.15, 0.2) is 12.5 Å². The Hall–Kier alpha value is -1.40. The van der Waals surface area contributed by atoms with Gasteiger partial charge in [0.1, 0.15) is 5.69 Å². The summed E-state index contributed by atoms with van der Waals surface area (Å²) >= 11 is 0. The van der Waals surface area contributed by atoms with Crippen LogP contribution in [0.4, 0.5) is 0 Å². The molecular formula is C18H31N5O. The second-order valence-corrected chi connectivity index (χ2v) is 7.91. The average Bonchev–Trinajstić information content (AvgIpc) is 2.91. The van der Waals surface area contributed by atoms with Crippen LogP contribution in [-0.4, -0.2) is 82.0 Å². The first-order valence-corrected chi connectivity index (χ1v) is 9.15. The third-order valence-electron chi connectivity index (χ3n) is 5.28. The van der Waals surface area contributed by atoms with Crippen molar-refractivity contribution in [2.45, 2.75) is 38.8 Å². The number of imidazole rings is 1. The minimum absolute atomic E-state index is 0.0692. The Bertz CT molecular complexity index is 556. The van der Waals surface area contributed by atoms with Gasteiger partial charge < -0.3 is 14.4 Å². The average molecular weight is 333 g/mol. The number of rotatable bonds is 5. The molecule has 2 fully saturated rings. The zero-order valence-corrected chi connectivity index (χ0v) is 15.5. The van der Waals surface area contributed by atoms with E-state index in [4.69, 9.17) is 0 Å². The standard InChI is InChI=1S/C18H31N5O/c1-14(2)9-23(15-5-7-20(3)8-6-15)16-10-22(11-16)18(24)17-12-21(4)13-19-17/h12-16H,5-11H2,1-4H3. The molecule has 24 heavy (non-hydrogen) atoms. The molecular weight excluding hydrogens is 302 g/mol. The highest BCUT2D eigenvalue weighted by Gasteiger charge is 2.39. The fourth-order valence-electron chi connectivity index (χ4n) is 3.86. The summed E-state index contributed by atoms with van der Waals surface area (Å²) in [5, 5.41) is 0. The molecule has 0 aliphatic carbocycles. The van der Waals surface area contributed by atoms with Gasteiger partial charge in [-0.15, -0.1) is 0 Å². The molecule has 1 aromatic heterocycles. The molecule has 1 amide bonds. The Morgan fingerprint density at radius 1 is 1.25 bits per heavy atom. The lowest BCUT2D eigenvalue weighted by Gasteiger charge is -2.50. The lowest BCUT2D eigenvalue weighted by atomic mass is 9.96. The molecule has 0 saturated carbocycles. The quantitative estimate of drug-likeness (QED) is 0.815. The van der Waals surface area contributed by atoms with E-state index >= 15 is 0 Å². The zero-order valence-electron chi connectivity index (χ0n) is 15.5. The fourth-order valence-corrected chi connectivity index (χ4v) is 3.86. The summed E-state index contributed by atoms with van der Waals surface area (Å²) in [5.74, 6) is 0.727.